The molecule has 0 atom stereocenters. The maximum Gasteiger partial charge on any atom is 0.416 e. The van der Waals surface area contributed by atoms with E-state index in [0.717, 1.165) is 17.7 Å². The SMILES string of the molecule is C=C(/N=C(\C=C(/N)c1ccc(C(F)(F)F)cc1)C(C)(C)O)Nc1ccc(-c2cnc(C)o2)cc1. The van der Waals surface area contributed by atoms with Crippen molar-refractivity contribution >= 4 is 17.1 Å². The van der Waals surface area contributed by atoms with Gasteiger partial charge in [-0.1, -0.05) is 18.7 Å². The van der Waals surface area contributed by atoms with E-state index in [1.807, 2.05) is 24.3 Å². The summed E-state index contributed by atoms with van der Waals surface area (Å²) in [6.07, 6.45) is -1.39. The van der Waals surface area contributed by atoms with Gasteiger partial charge in [-0.05, 0) is 61.9 Å². The molecule has 0 aliphatic carbocycles. The number of oxazole rings is 1. The number of hydrogen-bond acceptors (Lipinski definition) is 6. The fourth-order valence-electron chi connectivity index (χ4n) is 2.98. The van der Waals surface area contributed by atoms with Gasteiger partial charge in [0.05, 0.1) is 17.5 Å². The summed E-state index contributed by atoms with van der Waals surface area (Å²) in [5.74, 6) is 1.45. The van der Waals surface area contributed by atoms with E-state index in [9.17, 15) is 18.3 Å². The van der Waals surface area contributed by atoms with Gasteiger partial charge in [0.15, 0.2) is 11.7 Å². The van der Waals surface area contributed by atoms with Crippen molar-refractivity contribution in [1.29, 1.82) is 0 Å². The Balaban J connectivity index is 1.78. The number of aromatic nitrogens is 1. The minimum atomic E-state index is -4.44. The van der Waals surface area contributed by atoms with Crippen molar-refractivity contribution in [3.63, 3.8) is 0 Å². The molecule has 34 heavy (non-hydrogen) atoms. The van der Waals surface area contributed by atoms with E-state index >= 15 is 0 Å². The molecule has 0 saturated heterocycles. The molecule has 178 valence electrons. The van der Waals surface area contributed by atoms with Gasteiger partial charge < -0.3 is 20.6 Å². The Kier molecular flexibility index (Phi) is 6.97. The molecule has 0 aliphatic heterocycles. The number of nitrogens with zero attached hydrogens (tertiary/aromatic N) is 2. The minimum Gasteiger partial charge on any atom is -0.441 e. The second kappa shape index (κ2) is 9.56. The van der Waals surface area contributed by atoms with Crippen molar-refractivity contribution in [2.24, 2.45) is 10.7 Å². The lowest BCUT2D eigenvalue weighted by Crippen LogP contribution is -2.30. The van der Waals surface area contributed by atoms with E-state index in [-0.39, 0.29) is 17.2 Å². The van der Waals surface area contributed by atoms with Gasteiger partial charge in [0.1, 0.15) is 11.4 Å². The standard InChI is InChI=1S/C25H25F3N4O2/c1-15(31-20-11-7-18(8-12-20)22-14-30-16(2)34-22)32-23(24(3,4)33)13-21(29)17-5-9-19(10-6-17)25(26,27)28/h5-14,31,33H,1,29H2,2-4H3/b21-13-,32-23+. The Hall–Kier alpha value is -3.85. The molecule has 1 aromatic heterocycles. The zero-order valence-electron chi connectivity index (χ0n) is 18.9. The van der Waals surface area contributed by atoms with Crippen LogP contribution in [0.25, 0.3) is 17.0 Å². The van der Waals surface area contributed by atoms with Crippen LogP contribution in [-0.4, -0.2) is 21.4 Å². The molecule has 0 spiro atoms. The van der Waals surface area contributed by atoms with Crippen molar-refractivity contribution in [3.8, 4) is 11.3 Å². The highest BCUT2D eigenvalue weighted by Crippen LogP contribution is 2.30. The zero-order valence-corrected chi connectivity index (χ0v) is 18.9. The number of nitrogens with two attached hydrogens (primary N) is 1. The van der Waals surface area contributed by atoms with Crippen molar-refractivity contribution in [1.82, 2.24) is 4.98 Å². The molecule has 0 bridgehead atoms. The van der Waals surface area contributed by atoms with Crippen LogP contribution in [0.5, 0.6) is 0 Å². The summed E-state index contributed by atoms with van der Waals surface area (Å²) in [7, 11) is 0. The zero-order chi connectivity index (χ0) is 25.1. The quantitative estimate of drug-likeness (QED) is 0.381. The average molecular weight is 470 g/mol. The Bertz CT molecular complexity index is 1220. The van der Waals surface area contributed by atoms with Gasteiger partial charge in [0.2, 0.25) is 0 Å². The second-order valence-electron chi connectivity index (χ2n) is 8.12. The number of hydrogen-bond donors (Lipinski definition) is 3. The molecule has 6 nitrogen and oxygen atoms in total. The smallest absolute Gasteiger partial charge is 0.416 e. The highest BCUT2D eigenvalue weighted by atomic mass is 19.4. The fourth-order valence-corrected chi connectivity index (χ4v) is 2.98. The number of rotatable bonds is 7. The largest absolute Gasteiger partial charge is 0.441 e. The van der Waals surface area contributed by atoms with Gasteiger partial charge in [0.25, 0.3) is 0 Å². The van der Waals surface area contributed by atoms with Crippen LogP contribution >= 0.6 is 0 Å². The number of aliphatic hydroxyl groups is 1. The molecule has 0 aliphatic rings. The Labute approximate surface area is 195 Å². The number of halogens is 3. The molecular formula is C25H25F3N4O2. The third-order valence-corrected chi connectivity index (χ3v) is 4.80. The van der Waals surface area contributed by atoms with E-state index in [1.54, 1.807) is 13.1 Å². The van der Waals surface area contributed by atoms with Crippen molar-refractivity contribution in [2.45, 2.75) is 32.5 Å². The number of benzene rings is 2. The van der Waals surface area contributed by atoms with Crippen LogP contribution in [0.2, 0.25) is 0 Å². The lowest BCUT2D eigenvalue weighted by molar-refractivity contribution is -0.137. The maximum atomic E-state index is 12.8. The summed E-state index contributed by atoms with van der Waals surface area (Å²) in [5.41, 5.74) is 6.14. The Morgan fingerprint density at radius 1 is 1.12 bits per heavy atom. The fraction of sp³-hybridized carbons (Fsp3) is 0.200. The minimum absolute atomic E-state index is 0.147. The first-order valence-corrected chi connectivity index (χ1v) is 10.3. The summed E-state index contributed by atoms with van der Waals surface area (Å²) in [4.78, 5) is 8.42. The molecule has 0 unspecified atom stereocenters. The molecular weight excluding hydrogens is 445 g/mol. The Morgan fingerprint density at radius 3 is 2.24 bits per heavy atom. The molecule has 0 saturated carbocycles. The highest BCUT2D eigenvalue weighted by Gasteiger charge is 2.30. The van der Waals surface area contributed by atoms with Gasteiger partial charge in [-0.25, -0.2) is 9.98 Å². The van der Waals surface area contributed by atoms with Crippen LogP contribution in [0.1, 0.15) is 30.9 Å². The predicted octanol–water partition coefficient (Wildman–Crippen LogP) is 5.76. The van der Waals surface area contributed by atoms with Gasteiger partial charge >= 0.3 is 6.18 Å². The maximum absolute atomic E-state index is 12.8. The lowest BCUT2D eigenvalue weighted by atomic mass is 9.99. The van der Waals surface area contributed by atoms with E-state index in [1.165, 1.54) is 32.1 Å². The molecule has 9 heteroatoms. The summed E-state index contributed by atoms with van der Waals surface area (Å²) in [5, 5.41) is 13.6. The van der Waals surface area contributed by atoms with Crippen LogP contribution in [0, 0.1) is 6.92 Å². The topological polar surface area (TPSA) is 96.7 Å². The molecule has 0 amide bonds. The number of nitrogens with one attached hydrogen (secondary N) is 1. The summed E-state index contributed by atoms with van der Waals surface area (Å²) in [6.45, 7) is 8.67. The second-order valence-corrected chi connectivity index (χ2v) is 8.12. The van der Waals surface area contributed by atoms with E-state index in [2.05, 4.69) is 21.9 Å². The van der Waals surface area contributed by atoms with Crippen LogP contribution in [0.4, 0.5) is 18.9 Å². The van der Waals surface area contributed by atoms with Crippen LogP contribution in [0.3, 0.4) is 0 Å². The summed E-state index contributed by atoms with van der Waals surface area (Å²) >= 11 is 0. The van der Waals surface area contributed by atoms with Gasteiger partial charge in [-0.15, -0.1) is 0 Å². The number of alkyl halides is 3. The highest BCUT2D eigenvalue weighted by molar-refractivity contribution is 6.06. The first-order valence-electron chi connectivity index (χ1n) is 10.3. The number of anilines is 1. The third-order valence-electron chi connectivity index (χ3n) is 4.80. The Morgan fingerprint density at radius 2 is 1.74 bits per heavy atom. The molecule has 3 aromatic rings. The molecule has 4 N–H and O–H groups in total. The molecule has 0 fully saturated rings. The normalized spacial score (nSPS) is 13.1. The third kappa shape index (κ3) is 6.35. The summed E-state index contributed by atoms with van der Waals surface area (Å²) < 4.78 is 43.9. The van der Waals surface area contributed by atoms with E-state index in [4.69, 9.17) is 10.2 Å². The predicted molar refractivity (Wildman–Crippen MR) is 127 cm³/mol. The van der Waals surface area contributed by atoms with Gasteiger partial charge in [-0.2, -0.15) is 13.2 Å². The van der Waals surface area contributed by atoms with Crippen LogP contribution in [-0.2, 0) is 6.18 Å². The first kappa shape index (κ1) is 24.8. The molecule has 2 aromatic carbocycles. The average Bonchev–Trinajstić information content (AvgIpc) is 3.19. The van der Waals surface area contributed by atoms with E-state index in [0.29, 0.717) is 22.9 Å². The van der Waals surface area contributed by atoms with E-state index < -0.39 is 17.3 Å². The van der Waals surface area contributed by atoms with Gasteiger partial charge in [-0.3, -0.25) is 0 Å². The number of aryl methyl sites for hydroxylation is 1. The van der Waals surface area contributed by atoms with Gasteiger partial charge in [0, 0.05) is 23.9 Å². The first-order chi connectivity index (χ1) is 15.8. The molecule has 0 radical (unpaired) electrons. The number of aliphatic imine (C=N–C) groups is 1. The van der Waals surface area contributed by atoms with Crippen molar-refractivity contribution < 1.29 is 22.7 Å². The van der Waals surface area contributed by atoms with Crippen LogP contribution in [0.15, 0.2) is 82.6 Å². The van der Waals surface area contributed by atoms with Crippen LogP contribution < -0.4 is 11.1 Å². The molecule has 1 heterocycles. The lowest BCUT2D eigenvalue weighted by Gasteiger charge is -2.19. The van der Waals surface area contributed by atoms with Crippen molar-refractivity contribution in [2.75, 3.05) is 5.32 Å². The monoisotopic (exact) mass is 470 g/mol. The molecule has 3 rings (SSSR count). The van der Waals surface area contributed by atoms with Crippen molar-refractivity contribution in [3.05, 3.63) is 90.2 Å². The summed E-state index contributed by atoms with van der Waals surface area (Å²) in [6, 6.07) is 11.7.